The summed E-state index contributed by atoms with van der Waals surface area (Å²) in [6.07, 6.45) is 0. The molecule has 1 aliphatic heterocycles. The van der Waals surface area contributed by atoms with Crippen molar-refractivity contribution >= 4 is 5.91 Å². The molecule has 1 aromatic carbocycles. The molecule has 1 heterocycles. The largest absolute Gasteiger partial charge is 0.491 e. The van der Waals surface area contributed by atoms with Crippen molar-refractivity contribution in [1.82, 2.24) is 10.6 Å². The second-order valence-electron chi connectivity index (χ2n) is 4.13. The van der Waals surface area contributed by atoms with Crippen LogP contribution >= 0.6 is 0 Å². The first-order valence-electron chi connectivity index (χ1n) is 6.02. The van der Waals surface area contributed by atoms with Gasteiger partial charge in [-0.05, 0) is 6.07 Å². The molecule has 1 aromatic rings. The molecule has 0 fully saturated rings. The van der Waals surface area contributed by atoms with Gasteiger partial charge in [-0.3, -0.25) is 10.1 Å². The summed E-state index contributed by atoms with van der Waals surface area (Å²) >= 11 is 0. The van der Waals surface area contributed by atoms with Gasteiger partial charge in [-0.1, -0.05) is 18.2 Å². The van der Waals surface area contributed by atoms with E-state index in [2.05, 4.69) is 10.6 Å². The van der Waals surface area contributed by atoms with Crippen molar-refractivity contribution in [1.29, 1.82) is 0 Å². The van der Waals surface area contributed by atoms with Gasteiger partial charge in [0.05, 0.1) is 19.2 Å². The Morgan fingerprint density at radius 1 is 1.50 bits per heavy atom. The highest BCUT2D eigenvalue weighted by Crippen LogP contribution is 2.31. The molecule has 5 heteroatoms. The van der Waals surface area contributed by atoms with Crippen LogP contribution in [0.2, 0.25) is 0 Å². The summed E-state index contributed by atoms with van der Waals surface area (Å²) in [4.78, 5) is 11.5. The van der Waals surface area contributed by atoms with Crippen LogP contribution in [0.1, 0.15) is 11.6 Å². The smallest absolute Gasteiger partial charge is 0.234 e. The highest BCUT2D eigenvalue weighted by molar-refractivity contribution is 5.78. The first-order chi connectivity index (χ1) is 8.81. The van der Waals surface area contributed by atoms with Crippen LogP contribution < -0.4 is 15.4 Å². The maximum absolute atomic E-state index is 11.5. The number of benzene rings is 1. The molecule has 0 radical (unpaired) electrons. The molecule has 0 aliphatic carbocycles. The van der Waals surface area contributed by atoms with E-state index in [-0.39, 0.29) is 18.5 Å². The highest BCUT2D eigenvalue weighted by Gasteiger charge is 2.23. The quantitative estimate of drug-likeness (QED) is 0.721. The number of rotatable bonds is 6. The molecule has 5 nitrogen and oxygen atoms in total. The van der Waals surface area contributed by atoms with Gasteiger partial charge < -0.3 is 14.8 Å². The number of hydrogen-bond donors (Lipinski definition) is 2. The van der Waals surface area contributed by atoms with E-state index < -0.39 is 0 Å². The minimum atomic E-state index is -0.0311. The Morgan fingerprint density at radius 2 is 2.33 bits per heavy atom. The summed E-state index contributed by atoms with van der Waals surface area (Å²) in [7, 11) is 1.61. The number of para-hydroxylation sites is 1. The zero-order valence-corrected chi connectivity index (χ0v) is 10.4. The molecule has 2 rings (SSSR count). The van der Waals surface area contributed by atoms with Gasteiger partial charge in [0.1, 0.15) is 12.4 Å². The Balaban J connectivity index is 1.77. The van der Waals surface area contributed by atoms with E-state index >= 15 is 0 Å². The molecular weight excluding hydrogens is 232 g/mol. The standard InChI is InChI=1S/C13H18N2O3/c1-17-7-6-14-13(16)8-15-11-9-18-12-5-3-2-4-10(11)12/h2-5,11,15H,6-9H2,1H3,(H,14,16). The SMILES string of the molecule is COCCNC(=O)CNC1COc2ccccc21. The number of amides is 1. The van der Waals surface area contributed by atoms with Gasteiger partial charge in [0, 0.05) is 19.2 Å². The molecule has 1 amide bonds. The predicted octanol–water partition coefficient (Wildman–Crippen LogP) is 0.472. The number of fused-ring (bicyclic) bond motifs is 1. The monoisotopic (exact) mass is 250 g/mol. The van der Waals surface area contributed by atoms with Gasteiger partial charge in [0.25, 0.3) is 0 Å². The molecule has 98 valence electrons. The van der Waals surface area contributed by atoms with Crippen LogP contribution in [0, 0.1) is 0 Å². The number of hydrogen-bond acceptors (Lipinski definition) is 4. The molecule has 0 spiro atoms. The van der Waals surface area contributed by atoms with Gasteiger partial charge in [0.2, 0.25) is 5.91 Å². The zero-order valence-electron chi connectivity index (χ0n) is 10.4. The average molecular weight is 250 g/mol. The van der Waals surface area contributed by atoms with Gasteiger partial charge in [-0.15, -0.1) is 0 Å². The van der Waals surface area contributed by atoms with E-state index in [4.69, 9.17) is 9.47 Å². The van der Waals surface area contributed by atoms with Crippen LogP contribution in [-0.2, 0) is 9.53 Å². The molecule has 2 N–H and O–H groups in total. The fourth-order valence-corrected chi connectivity index (χ4v) is 1.90. The minimum absolute atomic E-state index is 0.0311. The molecule has 0 bridgehead atoms. The Morgan fingerprint density at radius 3 is 3.17 bits per heavy atom. The van der Waals surface area contributed by atoms with Crippen LogP contribution in [0.5, 0.6) is 5.75 Å². The third kappa shape index (κ3) is 3.21. The van der Waals surface area contributed by atoms with E-state index in [9.17, 15) is 4.79 Å². The maximum Gasteiger partial charge on any atom is 0.234 e. The van der Waals surface area contributed by atoms with Crippen LogP contribution in [0.4, 0.5) is 0 Å². The van der Waals surface area contributed by atoms with Crippen molar-refractivity contribution in [2.75, 3.05) is 33.4 Å². The molecule has 0 saturated carbocycles. The summed E-state index contributed by atoms with van der Waals surface area (Å²) in [6, 6.07) is 7.97. The molecule has 1 atom stereocenters. The molecule has 1 aliphatic rings. The summed E-state index contributed by atoms with van der Waals surface area (Å²) in [6.45, 7) is 1.92. The van der Waals surface area contributed by atoms with E-state index in [1.165, 1.54) is 0 Å². The van der Waals surface area contributed by atoms with E-state index in [1.807, 2.05) is 24.3 Å². The summed E-state index contributed by atoms with van der Waals surface area (Å²) in [5.41, 5.74) is 1.11. The van der Waals surface area contributed by atoms with Crippen molar-refractivity contribution in [2.45, 2.75) is 6.04 Å². The number of methoxy groups -OCH3 is 1. The van der Waals surface area contributed by atoms with Gasteiger partial charge in [-0.25, -0.2) is 0 Å². The Hall–Kier alpha value is -1.59. The topological polar surface area (TPSA) is 59.6 Å². The van der Waals surface area contributed by atoms with E-state index in [0.717, 1.165) is 11.3 Å². The summed E-state index contributed by atoms with van der Waals surface area (Å²) in [5.74, 6) is 0.867. The zero-order chi connectivity index (χ0) is 12.8. The van der Waals surface area contributed by atoms with Crippen molar-refractivity contribution < 1.29 is 14.3 Å². The summed E-state index contributed by atoms with van der Waals surface area (Å²) < 4.78 is 10.4. The Kier molecular flexibility index (Phi) is 4.55. The van der Waals surface area contributed by atoms with Crippen LogP contribution in [0.3, 0.4) is 0 Å². The third-order valence-electron chi connectivity index (χ3n) is 2.84. The van der Waals surface area contributed by atoms with Crippen molar-refractivity contribution in [3.05, 3.63) is 29.8 Å². The minimum Gasteiger partial charge on any atom is -0.491 e. The van der Waals surface area contributed by atoms with Crippen molar-refractivity contribution in [3.63, 3.8) is 0 Å². The highest BCUT2D eigenvalue weighted by atomic mass is 16.5. The fraction of sp³-hybridized carbons (Fsp3) is 0.462. The van der Waals surface area contributed by atoms with Crippen LogP contribution in [0.25, 0.3) is 0 Å². The fourth-order valence-electron chi connectivity index (χ4n) is 1.90. The number of carbonyl (C=O) groups is 1. The lowest BCUT2D eigenvalue weighted by molar-refractivity contribution is -0.120. The van der Waals surface area contributed by atoms with E-state index in [0.29, 0.717) is 19.8 Å². The van der Waals surface area contributed by atoms with Crippen LogP contribution in [0.15, 0.2) is 24.3 Å². The lowest BCUT2D eigenvalue weighted by Crippen LogP contribution is -2.37. The lowest BCUT2D eigenvalue weighted by atomic mass is 10.1. The van der Waals surface area contributed by atoms with E-state index in [1.54, 1.807) is 7.11 Å². The second kappa shape index (κ2) is 6.37. The van der Waals surface area contributed by atoms with Gasteiger partial charge >= 0.3 is 0 Å². The van der Waals surface area contributed by atoms with Crippen LogP contribution in [-0.4, -0.2) is 39.3 Å². The van der Waals surface area contributed by atoms with Crippen molar-refractivity contribution in [2.24, 2.45) is 0 Å². The Labute approximate surface area is 106 Å². The van der Waals surface area contributed by atoms with Gasteiger partial charge in [-0.2, -0.15) is 0 Å². The van der Waals surface area contributed by atoms with Crippen molar-refractivity contribution in [3.8, 4) is 5.75 Å². The second-order valence-corrected chi connectivity index (χ2v) is 4.13. The maximum atomic E-state index is 11.5. The number of nitrogens with one attached hydrogen (secondary N) is 2. The molecule has 0 aromatic heterocycles. The summed E-state index contributed by atoms with van der Waals surface area (Å²) in [5, 5.41) is 5.95. The number of ether oxygens (including phenoxy) is 2. The predicted molar refractivity (Wildman–Crippen MR) is 67.6 cm³/mol. The average Bonchev–Trinajstić information content (AvgIpc) is 2.80. The lowest BCUT2D eigenvalue weighted by Gasteiger charge is -2.11. The first-order valence-corrected chi connectivity index (χ1v) is 6.02. The molecule has 1 unspecified atom stereocenters. The first kappa shape index (κ1) is 12.9. The molecule has 18 heavy (non-hydrogen) atoms. The molecule has 0 saturated heterocycles. The molecular formula is C13H18N2O3. The Bertz CT molecular complexity index is 409. The van der Waals surface area contributed by atoms with Gasteiger partial charge in [0.15, 0.2) is 0 Å². The number of carbonyl (C=O) groups excluding carboxylic acids is 1. The normalized spacial score (nSPS) is 17.1. The third-order valence-corrected chi connectivity index (χ3v) is 2.84.